The van der Waals surface area contributed by atoms with Crippen LogP contribution in [0.1, 0.15) is 30.4 Å². The largest absolute Gasteiger partial charge is 0.481 e. The third-order valence-electron chi connectivity index (χ3n) is 3.40. The minimum Gasteiger partial charge on any atom is -0.481 e. The van der Waals surface area contributed by atoms with Crippen LogP contribution in [0.5, 0.6) is 0 Å². The van der Waals surface area contributed by atoms with Crippen LogP contribution in [-0.2, 0) is 10.2 Å². The Hall–Kier alpha value is -1.38. The first-order valence-electron chi connectivity index (χ1n) is 5.07. The molecule has 80 valence electrons. The van der Waals surface area contributed by atoms with E-state index in [1.165, 1.54) is 6.07 Å². The van der Waals surface area contributed by atoms with Crippen LogP contribution in [0.25, 0.3) is 0 Å². The van der Waals surface area contributed by atoms with Crippen molar-refractivity contribution < 1.29 is 14.3 Å². The highest BCUT2D eigenvalue weighted by Gasteiger charge is 2.46. The zero-order chi connectivity index (χ0) is 11.1. The van der Waals surface area contributed by atoms with E-state index in [9.17, 15) is 14.3 Å². The monoisotopic (exact) mass is 208 g/mol. The summed E-state index contributed by atoms with van der Waals surface area (Å²) < 4.78 is 13.3. The fraction of sp³-hybridized carbons (Fsp3) is 0.417. The van der Waals surface area contributed by atoms with Crippen LogP contribution in [0.15, 0.2) is 18.2 Å². The predicted octanol–water partition coefficient (Wildman–Crippen LogP) is 2.64. The van der Waals surface area contributed by atoms with Crippen LogP contribution in [0.4, 0.5) is 4.39 Å². The molecule has 0 bridgehead atoms. The number of aliphatic carboxylic acids is 1. The lowest BCUT2D eigenvalue weighted by Gasteiger charge is -2.39. The van der Waals surface area contributed by atoms with Crippen molar-refractivity contribution in [3.63, 3.8) is 0 Å². The Morgan fingerprint density at radius 3 is 2.60 bits per heavy atom. The van der Waals surface area contributed by atoms with Crippen molar-refractivity contribution >= 4 is 5.97 Å². The van der Waals surface area contributed by atoms with Gasteiger partial charge in [0, 0.05) is 0 Å². The lowest BCUT2D eigenvalue weighted by atomic mass is 9.63. The molecular weight excluding hydrogens is 195 g/mol. The number of hydrogen-bond donors (Lipinski definition) is 1. The van der Waals surface area contributed by atoms with Gasteiger partial charge in [0.1, 0.15) is 5.82 Å². The summed E-state index contributed by atoms with van der Waals surface area (Å²) in [5, 5.41) is 9.23. The molecular formula is C12H13FO2. The highest BCUT2D eigenvalue weighted by atomic mass is 19.1. The molecule has 0 aliphatic heterocycles. The second kappa shape index (κ2) is 3.33. The summed E-state index contributed by atoms with van der Waals surface area (Å²) in [6.07, 6.45) is 2.14. The molecule has 0 aromatic heterocycles. The second-order valence-electron chi connectivity index (χ2n) is 4.15. The maximum absolute atomic E-state index is 13.3. The molecule has 1 aliphatic rings. The third kappa shape index (κ3) is 1.34. The minimum atomic E-state index is -0.831. The average Bonchev–Trinajstić information content (AvgIpc) is 2.09. The molecule has 1 N–H and O–H groups in total. The lowest BCUT2D eigenvalue weighted by molar-refractivity contribution is -0.147. The number of rotatable bonds is 2. The van der Waals surface area contributed by atoms with Crippen molar-refractivity contribution in [3.05, 3.63) is 35.1 Å². The normalized spacial score (nSPS) is 18.3. The summed E-state index contributed by atoms with van der Waals surface area (Å²) in [6.45, 7) is 1.65. The molecule has 3 heteroatoms. The van der Waals surface area contributed by atoms with Crippen LogP contribution in [0, 0.1) is 12.7 Å². The van der Waals surface area contributed by atoms with E-state index in [0.29, 0.717) is 24.0 Å². The van der Waals surface area contributed by atoms with Gasteiger partial charge in [0.25, 0.3) is 0 Å². The van der Waals surface area contributed by atoms with Gasteiger partial charge in [-0.05, 0) is 37.0 Å². The number of carboxylic acid groups (broad SMARTS) is 1. The van der Waals surface area contributed by atoms with Gasteiger partial charge < -0.3 is 5.11 Å². The molecule has 15 heavy (non-hydrogen) atoms. The van der Waals surface area contributed by atoms with Crippen molar-refractivity contribution in [2.75, 3.05) is 0 Å². The van der Waals surface area contributed by atoms with Gasteiger partial charge in [0.05, 0.1) is 5.41 Å². The number of carboxylic acids is 1. The van der Waals surface area contributed by atoms with Crippen molar-refractivity contribution in [2.45, 2.75) is 31.6 Å². The first kappa shape index (κ1) is 10.1. The molecule has 0 spiro atoms. The summed E-state index contributed by atoms with van der Waals surface area (Å²) >= 11 is 0. The molecule has 1 aromatic carbocycles. The smallest absolute Gasteiger partial charge is 0.314 e. The molecule has 1 fully saturated rings. The third-order valence-corrected chi connectivity index (χ3v) is 3.40. The molecule has 0 heterocycles. The predicted molar refractivity (Wildman–Crippen MR) is 54.3 cm³/mol. The average molecular weight is 208 g/mol. The standard InChI is InChI=1S/C12H13FO2/c1-8-9(4-2-5-10(8)13)12(11(14)15)6-3-7-12/h2,4-5H,3,6-7H2,1H3,(H,14,15). The van der Waals surface area contributed by atoms with Crippen LogP contribution in [-0.4, -0.2) is 11.1 Å². The molecule has 0 radical (unpaired) electrons. The molecule has 0 unspecified atom stereocenters. The Bertz CT molecular complexity index is 408. The van der Waals surface area contributed by atoms with Gasteiger partial charge in [-0.25, -0.2) is 4.39 Å². The van der Waals surface area contributed by atoms with Crippen molar-refractivity contribution in [1.82, 2.24) is 0 Å². The van der Waals surface area contributed by atoms with E-state index >= 15 is 0 Å². The fourth-order valence-corrected chi connectivity index (χ4v) is 2.25. The van der Waals surface area contributed by atoms with Gasteiger partial charge in [0.15, 0.2) is 0 Å². The zero-order valence-electron chi connectivity index (χ0n) is 8.59. The fourth-order valence-electron chi connectivity index (χ4n) is 2.25. The van der Waals surface area contributed by atoms with Gasteiger partial charge in [-0.2, -0.15) is 0 Å². The van der Waals surface area contributed by atoms with Crippen LogP contribution < -0.4 is 0 Å². The molecule has 1 aliphatic carbocycles. The van der Waals surface area contributed by atoms with Gasteiger partial charge in [-0.15, -0.1) is 0 Å². The summed E-state index contributed by atoms with van der Waals surface area (Å²) in [7, 11) is 0. The highest BCUT2D eigenvalue weighted by Crippen LogP contribution is 2.45. The van der Waals surface area contributed by atoms with Gasteiger partial charge >= 0.3 is 5.97 Å². The molecule has 0 atom stereocenters. The van der Waals surface area contributed by atoms with E-state index in [1.54, 1.807) is 19.1 Å². The first-order chi connectivity index (χ1) is 7.08. The Morgan fingerprint density at radius 2 is 2.13 bits per heavy atom. The molecule has 0 amide bonds. The number of benzene rings is 1. The van der Waals surface area contributed by atoms with E-state index < -0.39 is 11.4 Å². The van der Waals surface area contributed by atoms with Gasteiger partial charge in [-0.1, -0.05) is 18.6 Å². The van der Waals surface area contributed by atoms with Crippen LogP contribution >= 0.6 is 0 Å². The highest BCUT2D eigenvalue weighted by molar-refractivity contribution is 5.83. The summed E-state index contributed by atoms with van der Waals surface area (Å²) in [4.78, 5) is 11.2. The molecule has 0 saturated heterocycles. The first-order valence-corrected chi connectivity index (χ1v) is 5.07. The lowest BCUT2D eigenvalue weighted by Crippen LogP contribution is -2.43. The van der Waals surface area contributed by atoms with E-state index in [0.717, 1.165) is 6.42 Å². The van der Waals surface area contributed by atoms with Gasteiger partial charge in [0.2, 0.25) is 0 Å². The second-order valence-corrected chi connectivity index (χ2v) is 4.15. The van der Waals surface area contributed by atoms with Gasteiger partial charge in [-0.3, -0.25) is 4.79 Å². The number of halogens is 1. The topological polar surface area (TPSA) is 37.3 Å². The van der Waals surface area contributed by atoms with E-state index in [4.69, 9.17) is 0 Å². The Balaban J connectivity index is 2.53. The number of carbonyl (C=O) groups is 1. The van der Waals surface area contributed by atoms with Crippen molar-refractivity contribution in [1.29, 1.82) is 0 Å². The molecule has 1 saturated carbocycles. The Morgan fingerprint density at radius 1 is 1.47 bits per heavy atom. The van der Waals surface area contributed by atoms with E-state index in [1.807, 2.05) is 0 Å². The summed E-state index contributed by atoms with van der Waals surface area (Å²) in [6, 6.07) is 4.68. The summed E-state index contributed by atoms with van der Waals surface area (Å²) in [5.41, 5.74) is 0.285. The number of hydrogen-bond acceptors (Lipinski definition) is 1. The van der Waals surface area contributed by atoms with E-state index in [2.05, 4.69) is 0 Å². The zero-order valence-corrected chi connectivity index (χ0v) is 8.59. The maximum atomic E-state index is 13.3. The van der Waals surface area contributed by atoms with Crippen molar-refractivity contribution in [3.8, 4) is 0 Å². The quantitative estimate of drug-likeness (QED) is 0.811. The molecule has 2 rings (SSSR count). The minimum absolute atomic E-state index is 0.319. The molecule has 2 nitrogen and oxygen atoms in total. The Kier molecular flexibility index (Phi) is 2.25. The Labute approximate surface area is 87.7 Å². The van der Waals surface area contributed by atoms with E-state index in [-0.39, 0.29) is 5.82 Å². The van der Waals surface area contributed by atoms with Crippen molar-refractivity contribution in [2.24, 2.45) is 0 Å². The molecule has 1 aromatic rings. The maximum Gasteiger partial charge on any atom is 0.314 e. The summed E-state index contributed by atoms with van der Waals surface area (Å²) in [5.74, 6) is -1.15. The van der Waals surface area contributed by atoms with Crippen LogP contribution in [0.2, 0.25) is 0 Å². The SMILES string of the molecule is Cc1c(F)cccc1C1(C(=O)O)CCC1. The van der Waals surface area contributed by atoms with Crippen LogP contribution in [0.3, 0.4) is 0 Å².